The van der Waals surface area contributed by atoms with Crippen molar-refractivity contribution in [2.45, 2.75) is 49.9 Å². The van der Waals surface area contributed by atoms with Crippen molar-refractivity contribution in [2.24, 2.45) is 0 Å². The second kappa shape index (κ2) is 8.52. The summed E-state index contributed by atoms with van der Waals surface area (Å²) >= 11 is 0. The maximum Gasteiger partial charge on any atom is 0.292 e. The summed E-state index contributed by atoms with van der Waals surface area (Å²) in [6.07, 6.45) is 4.35. The number of rotatable bonds is 6. The molecule has 1 N–H and O–H groups in total. The van der Waals surface area contributed by atoms with E-state index in [2.05, 4.69) is 70.9 Å². The quantitative estimate of drug-likeness (QED) is 0.410. The maximum atomic E-state index is 11.4. The molecule has 2 bridgehead atoms. The van der Waals surface area contributed by atoms with Crippen LogP contribution in [0.1, 0.15) is 42.9 Å². The van der Waals surface area contributed by atoms with Gasteiger partial charge in [0.2, 0.25) is 0 Å². The van der Waals surface area contributed by atoms with E-state index in [9.17, 15) is 10.1 Å². The van der Waals surface area contributed by atoms with Crippen LogP contribution in [-0.2, 0) is 0 Å². The molecule has 5 rings (SSSR count). The third-order valence-corrected chi connectivity index (χ3v) is 6.78. The molecule has 0 aromatic heterocycles. The van der Waals surface area contributed by atoms with Gasteiger partial charge in [-0.3, -0.25) is 15.0 Å². The smallest absolute Gasteiger partial charge is 0.292 e. The van der Waals surface area contributed by atoms with Crippen LogP contribution >= 0.6 is 0 Å². The van der Waals surface area contributed by atoms with Crippen LogP contribution in [0.2, 0.25) is 0 Å². The Balaban J connectivity index is 1.41. The van der Waals surface area contributed by atoms with Crippen LogP contribution in [0.25, 0.3) is 0 Å². The molecule has 2 heterocycles. The van der Waals surface area contributed by atoms with Gasteiger partial charge in [0.05, 0.1) is 11.0 Å². The summed E-state index contributed by atoms with van der Waals surface area (Å²) in [6, 6.07) is 30.0. The molecule has 158 valence electrons. The number of hydrogen-bond donors (Lipinski definition) is 1. The van der Waals surface area contributed by atoms with Crippen LogP contribution in [-0.4, -0.2) is 27.9 Å². The van der Waals surface area contributed by atoms with E-state index in [1.807, 2.05) is 12.1 Å². The highest BCUT2D eigenvalue weighted by molar-refractivity contribution is 5.61. The summed E-state index contributed by atoms with van der Waals surface area (Å²) in [5.74, 6) is 0. The van der Waals surface area contributed by atoms with Crippen molar-refractivity contribution in [1.29, 1.82) is 0 Å². The standard InChI is InChI=1S/C26H27N3O2/c30-29(31)25-14-8-7-13-24(25)27-21-17-22-15-16-23(18-21)28(22)26(19-9-3-1-4-10-19)20-11-5-2-6-12-20/h1-14,21-23,26-27H,15-18H2/t21-,22+,23-. The minimum absolute atomic E-state index is 0.156. The van der Waals surface area contributed by atoms with E-state index in [1.165, 1.54) is 24.0 Å². The number of hydrogen-bond acceptors (Lipinski definition) is 4. The average molecular weight is 414 g/mol. The van der Waals surface area contributed by atoms with E-state index in [-0.39, 0.29) is 22.7 Å². The van der Waals surface area contributed by atoms with E-state index in [0.29, 0.717) is 17.8 Å². The molecule has 5 heteroatoms. The number of nitro groups is 1. The Kier molecular flexibility index (Phi) is 5.43. The largest absolute Gasteiger partial charge is 0.377 e. The van der Waals surface area contributed by atoms with Gasteiger partial charge in [-0.2, -0.15) is 0 Å². The van der Waals surface area contributed by atoms with Crippen LogP contribution in [0.15, 0.2) is 84.9 Å². The minimum atomic E-state index is -0.299. The SMILES string of the molecule is O=[N+]([O-])c1ccccc1N[C@H]1C[C@H]2CC[C@@H](C1)N2C(c1ccccc1)c1ccccc1. The molecule has 3 aromatic rings. The zero-order chi connectivity index (χ0) is 21.2. The Morgan fingerprint density at radius 3 is 1.87 bits per heavy atom. The van der Waals surface area contributed by atoms with E-state index >= 15 is 0 Å². The number of benzene rings is 3. The molecule has 0 radical (unpaired) electrons. The number of nitrogens with one attached hydrogen (secondary N) is 1. The molecule has 2 aliphatic rings. The number of piperidine rings is 1. The van der Waals surface area contributed by atoms with Gasteiger partial charge in [-0.15, -0.1) is 0 Å². The van der Waals surface area contributed by atoms with Gasteiger partial charge >= 0.3 is 0 Å². The average Bonchev–Trinajstić information content (AvgIpc) is 3.05. The molecule has 0 aliphatic carbocycles. The first kappa shape index (κ1) is 19.8. The Morgan fingerprint density at radius 2 is 1.32 bits per heavy atom. The molecule has 2 fully saturated rings. The molecular formula is C26H27N3O2. The molecule has 0 amide bonds. The van der Waals surface area contributed by atoms with Crippen LogP contribution in [0, 0.1) is 10.1 Å². The fourth-order valence-electron chi connectivity index (χ4n) is 5.53. The third kappa shape index (κ3) is 3.93. The number of nitro benzene ring substituents is 1. The van der Waals surface area contributed by atoms with Crippen molar-refractivity contribution in [3.63, 3.8) is 0 Å². The lowest BCUT2D eigenvalue weighted by Crippen LogP contribution is -2.48. The van der Waals surface area contributed by atoms with E-state index in [1.54, 1.807) is 12.1 Å². The van der Waals surface area contributed by atoms with Gasteiger partial charge in [0, 0.05) is 24.2 Å². The minimum Gasteiger partial charge on any atom is -0.377 e. The van der Waals surface area contributed by atoms with E-state index < -0.39 is 0 Å². The Morgan fingerprint density at radius 1 is 0.806 bits per heavy atom. The summed E-state index contributed by atoms with van der Waals surface area (Å²) in [6.45, 7) is 0. The molecule has 31 heavy (non-hydrogen) atoms. The first-order valence-corrected chi connectivity index (χ1v) is 11.1. The van der Waals surface area contributed by atoms with Crippen LogP contribution in [0.4, 0.5) is 11.4 Å². The van der Waals surface area contributed by atoms with Gasteiger partial charge in [-0.05, 0) is 42.9 Å². The van der Waals surface area contributed by atoms with Crippen LogP contribution in [0.5, 0.6) is 0 Å². The lowest BCUT2D eigenvalue weighted by atomic mass is 9.89. The Bertz CT molecular complexity index is 987. The normalized spacial score (nSPS) is 23.1. The van der Waals surface area contributed by atoms with Gasteiger partial charge < -0.3 is 5.32 Å². The van der Waals surface area contributed by atoms with Gasteiger partial charge in [0.1, 0.15) is 5.69 Å². The van der Waals surface area contributed by atoms with Crippen molar-refractivity contribution in [3.05, 3.63) is 106 Å². The molecule has 2 saturated heterocycles. The lowest BCUT2D eigenvalue weighted by Gasteiger charge is -2.44. The molecule has 0 spiro atoms. The number of nitrogens with zero attached hydrogens (tertiary/aromatic N) is 2. The fourth-order valence-corrected chi connectivity index (χ4v) is 5.53. The second-order valence-electron chi connectivity index (χ2n) is 8.64. The van der Waals surface area contributed by atoms with Gasteiger partial charge in [-0.25, -0.2) is 0 Å². The number of para-hydroxylation sites is 2. The topological polar surface area (TPSA) is 58.4 Å². The van der Waals surface area contributed by atoms with Crippen molar-refractivity contribution >= 4 is 11.4 Å². The summed E-state index contributed by atoms with van der Waals surface area (Å²) in [4.78, 5) is 13.8. The predicted octanol–water partition coefficient (Wildman–Crippen LogP) is 5.79. The first-order chi connectivity index (χ1) is 15.2. The zero-order valence-corrected chi connectivity index (χ0v) is 17.4. The fraction of sp³-hybridized carbons (Fsp3) is 0.308. The summed E-state index contributed by atoms with van der Waals surface area (Å²) in [7, 11) is 0. The summed E-state index contributed by atoms with van der Waals surface area (Å²) in [5, 5.41) is 14.9. The predicted molar refractivity (Wildman–Crippen MR) is 123 cm³/mol. The number of fused-ring (bicyclic) bond motifs is 2. The van der Waals surface area contributed by atoms with Crippen molar-refractivity contribution < 1.29 is 4.92 Å². The molecule has 5 nitrogen and oxygen atoms in total. The van der Waals surface area contributed by atoms with Crippen LogP contribution < -0.4 is 5.32 Å². The van der Waals surface area contributed by atoms with Crippen LogP contribution in [0.3, 0.4) is 0 Å². The lowest BCUT2D eigenvalue weighted by molar-refractivity contribution is -0.384. The molecule has 0 unspecified atom stereocenters. The van der Waals surface area contributed by atoms with E-state index in [4.69, 9.17) is 0 Å². The highest BCUT2D eigenvalue weighted by Crippen LogP contribution is 2.45. The van der Waals surface area contributed by atoms with Gasteiger partial charge in [-0.1, -0.05) is 72.8 Å². The molecule has 0 saturated carbocycles. The van der Waals surface area contributed by atoms with E-state index in [0.717, 1.165) is 12.8 Å². The zero-order valence-electron chi connectivity index (χ0n) is 17.4. The molecule has 2 aliphatic heterocycles. The Hall–Kier alpha value is -3.18. The second-order valence-corrected chi connectivity index (χ2v) is 8.64. The molecule has 3 atom stereocenters. The molecular weight excluding hydrogens is 386 g/mol. The van der Waals surface area contributed by atoms with Crippen molar-refractivity contribution in [1.82, 2.24) is 4.90 Å². The maximum absolute atomic E-state index is 11.4. The Labute approximate surface area is 182 Å². The summed E-state index contributed by atoms with van der Waals surface area (Å²) < 4.78 is 0. The highest BCUT2D eigenvalue weighted by Gasteiger charge is 2.44. The highest BCUT2D eigenvalue weighted by atomic mass is 16.6. The third-order valence-electron chi connectivity index (χ3n) is 6.78. The monoisotopic (exact) mass is 413 g/mol. The number of anilines is 1. The molecule has 3 aromatic carbocycles. The van der Waals surface area contributed by atoms with Gasteiger partial charge in [0.25, 0.3) is 5.69 Å². The van der Waals surface area contributed by atoms with Gasteiger partial charge in [0.15, 0.2) is 0 Å². The van der Waals surface area contributed by atoms with Crippen molar-refractivity contribution in [3.8, 4) is 0 Å². The van der Waals surface area contributed by atoms with Crippen molar-refractivity contribution in [2.75, 3.05) is 5.32 Å². The first-order valence-electron chi connectivity index (χ1n) is 11.1. The summed E-state index contributed by atoms with van der Waals surface area (Å²) in [5.41, 5.74) is 3.45.